The van der Waals surface area contributed by atoms with Gasteiger partial charge in [0.15, 0.2) is 0 Å². The predicted molar refractivity (Wildman–Crippen MR) is 39.6 cm³/mol. The van der Waals surface area contributed by atoms with Crippen molar-refractivity contribution in [2.45, 2.75) is 25.6 Å². The van der Waals surface area contributed by atoms with E-state index in [9.17, 15) is 4.79 Å². The molecule has 0 rings (SSSR count). The summed E-state index contributed by atoms with van der Waals surface area (Å²) < 4.78 is 0. The van der Waals surface area contributed by atoms with E-state index in [1.807, 2.05) is 0 Å². The third kappa shape index (κ3) is 11.3. The SMILES string of the molecule is C[SiH](C)CCC(=O)O.O. The van der Waals surface area contributed by atoms with Crippen molar-refractivity contribution in [3.63, 3.8) is 0 Å². The lowest BCUT2D eigenvalue weighted by Gasteiger charge is -1.95. The fourth-order valence-corrected chi connectivity index (χ4v) is 1.24. The van der Waals surface area contributed by atoms with Gasteiger partial charge in [0, 0.05) is 15.2 Å². The summed E-state index contributed by atoms with van der Waals surface area (Å²) in [5.74, 6) is -0.661. The minimum atomic E-state index is -0.661. The van der Waals surface area contributed by atoms with Crippen LogP contribution in [0.15, 0.2) is 0 Å². The van der Waals surface area contributed by atoms with Crippen LogP contribution in [0.5, 0.6) is 0 Å². The number of carbonyl (C=O) groups is 1. The monoisotopic (exact) mass is 150 g/mol. The molecule has 0 saturated heterocycles. The van der Waals surface area contributed by atoms with Gasteiger partial charge in [-0.25, -0.2) is 0 Å². The summed E-state index contributed by atoms with van der Waals surface area (Å²) in [4.78, 5) is 9.93. The molecule has 3 nitrogen and oxygen atoms in total. The van der Waals surface area contributed by atoms with Gasteiger partial charge in [-0.05, 0) is 6.04 Å². The number of hydrogen-bond acceptors (Lipinski definition) is 1. The summed E-state index contributed by atoms with van der Waals surface area (Å²) in [7, 11) is -0.607. The minimum Gasteiger partial charge on any atom is -0.481 e. The third-order valence-corrected chi connectivity index (χ3v) is 2.38. The molecule has 56 valence electrons. The number of carboxylic acids is 1. The highest BCUT2D eigenvalue weighted by atomic mass is 28.3. The highest BCUT2D eigenvalue weighted by Gasteiger charge is 1.99. The molecule has 0 atom stereocenters. The van der Waals surface area contributed by atoms with Gasteiger partial charge in [0.05, 0.1) is 0 Å². The minimum absolute atomic E-state index is 0. The molecule has 0 aliphatic carbocycles. The van der Waals surface area contributed by atoms with Crippen molar-refractivity contribution in [2.75, 3.05) is 0 Å². The molecule has 0 spiro atoms. The average molecular weight is 150 g/mol. The van der Waals surface area contributed by atoms with Gasteiger partial charge in [-0.1, -0.05) is 13.1 Å². The molecule has 0 saturated carbocycles. The zero-order valence-electron chi connectivity index (χ0n) is 5.85. The first kappa shape index (κ1) is 11.4. The van der Waals surface area contributed by atoms with Crippen LogP contribution in [0.25, 0.3) is 0 Å². The van der Waals surface area contributed by atoms with Crippen LogP contribution in [0, 0.1) is 0 Å². The molecule has 9 heavy (non-hydrogen) atoms. The standard InChI is InChI=1S/C5H12O2Si.H2O/c1-8(2)4-3-5(6)7;/h8H,3-4H2,1-2H3,(H,6,7);1H2. The van der Waals surface area contributed by atoms with Gasteiger partial charge in [0.25, 0.3) is 0 Å². The molecule has 0 bridgehead atoms. The smallest absolute Gasteiger partial charge is 0.303 e. The third-order valence-electron chi connectivity index (χ3n) is 0.936. The Morgan fingerprint density at radius 2 is 2.00 bits per heavy atom. The van der Waals surface area contributed by atoms with Crippen molar-refractivity contribution >= 4 is 14.8 Å². The first-order valence-corrected chi connectivity index (χ1v) is 5.97. The molecule has 0 aliphatic heterocycles. The lowest BCUT2D eigenvalue weighted by molar-refractivity contribution is -0.136. The lowest BCUT2D eigenvalue weighted by atomic mass is 10.5. The Morgan fingerprint density at radius 3 is 2.11 bits per heavy atom. The summed E-state index contributed by atoms with van der Waals surface area (Å²) in [6.45, 7) is 4.31. The molecule has 4 heteroatoms. The van der Waals surface area contributed by atoms with E-state index in [1.165, 1.54) is 0 Å². The molecule has 3 N–H and O–H groups in total. The maximum Gasteiger partial charge on any atom is 0.303 e. The number of hydrogen-bond donors (Lipinski definition) is 1. The molecule has 0 radical (unpaired) electrons. The Hall–Kier alpha value is -0.353. The Balaban J connectivity index is 0. The first-order chi connectivity index (χ1) is 3.63. The zero-order valence-corrected chi connectivity index (χ0v) is 7.00. The largest absolute Gasteiger partial charge is 0.481 e. The second-order valence-corrected chi connectivity index (χ2v) is 5.69. The van der Waals surface area contributed by atoms with E-state index >= 15 is 0 Å². The predicted octanol–water partition coefficient (Wildman–Crippen LogP) is 0.123. The summed E-state index contributed by atoms with van der Waals surface area (Å²) in [6, 6.07) is 0.926. The Morgan fingerprint density at radius 1 is 1.56 bits per heavy atom. The van der Waals surface area contributed by atoms with Crippen LogP contribution in [-0.4, -0.2) is 25.3 Å². The summed E-state index contributed by atoms with van der Waals surface area (Å²) in [6.07, 6.45) is 0.365. The van der Waals surface area contributed by atoms with Crippen molar-refractivity contribution in [3.8, 4) is 0 Å². The maximum atomic E-state index is 9.93. The Labute approximate surface area is 56.6 Å². The molecule has 0 aromatic rings. The van der Waals surface area contributed by atoms with Crippen molar-refractivity contribution in [2.24, 2.45) is 0 Å². The van der Waals surface area contributed by atoms with E-state index in [0.29, 0.717) is 6.42 Å². The van der Waals surface area contributed by atoms with Crippen molar-refractivity contribution in [3.05, 3.63) is 0 Å². The number of rotatable bonds is 3. The molecule has 0 unspecified atom stereocenters. The van der Waals surface area contributed by atoms with Gasteiger partial charge in [-0.15, -0.1) is 0 Å². The van der Waals surface area contributed by atoms with E-state index in [0.717, 1.165) is 6.04 Å². The van der Waals surface area contributed by atoms with Crippen LogP contribution >= 0.6 is 0 Å². The highest BCUT2D eigenvalue weighted by molar-refractivity contribution is 6.55. The summed E-state index contributed by atoms with van der Waals surface area (Å²) in [5, 5.41) is 8.18. The first-order valence-electron chi connectivity index (χ1n) is 2.84. The van der Waals surface area contributed by atoms with Crippen molar-refractivity contribution < 1.29 is 15.4 Å². The van der Waals surface area contributed by atoms with E-state index in [4.69, 9.17) is 5.11 Å². The van der Waals surface area contributed by atoms with Crippen LogP contribution in [0.1, 0.15) is 6.42 Å². The molecule has 0 aliphatic rings. The molecule has 0 heterocycles. The van der Waals surface area contributed by atoms with Crippen LogP contribution in [0.2, 0.25) is 19.1 Å². The second kappa shape index (κ2) is 5.78. The topological polar surface area (TPSA) is 68.8 Å². The van der Waals surface area contributed by atoms with Crippen LogP contribution in [-0.2, 0) is 4.79 Å². The number of aliphatic carboxylic acids is 1. The van der Waals surface area contributed by atoms with E-state index in [1.54, 1.807) is 0 Å². The molecule has 0 fully saturated rings. The fourth-order valence-electron chi connectivity index (χ4n) is 0.412. The van der Waals surface area contributed by atoms with Gasteiger partial charge in [-0.3, -0.25) is 4.79 Å². The van der Waals surface area contributed by atoms with E-state index in [-0.39, 0.29) is 5.48 Å². The molecular weight excluding hydrogens is 136 g/mol. The molecular formula is C5H14O3Si. The fraction of sp³-hybridized carbons (Fsp3) is 0.800. The van der Waals surface area contributed by atoms with Crippen LogP contribution in [0.3, 0.4) is 0 Å². The summed E-state index contributed by atoms with van der Waals surface area (Å²) in [5.41, 5.74) is 0. The van der Waals surface area contributed by atoms with Gasteiger partial charge in [0.2, 0.25) is 0 Å². The Bertz CT molecular complexity index is 82.3. The van der Waals surface area contributed by atoms with E-state index < -0.39 is 14.8 Å². The molecule has 0 aromatic heterocycles. The summed E-state index contributed by atoms with van der Waals surface area (Å²) >= 11 is 0. The van der Waals surface area contributed by atoms with Gasteiger partial charge in [0.1, 0.15) is 0 Å². The lowest BCUT2D eigenvalue weighted by Crippen LogP contribution is -2.03. The second-order valence-electron chi connectivity index (χ2n) is 2.33. The normalized spacial score (nSPS) is 8.78. The van der Waals surface area contributed by atoms with Gasteiger partial charge in [-0.2, -0.15) is 0 Å². The zero-order chi connectivity index (χ0) is 6.57. The van der Waals surface area contributed by atoms with Gasteiger partial charge >= 0.3 is 5.97 Å². The maximum absolute atomic E-state index is 9.93. The highest BCUT2D eigenvalue weighted by Crippen LogP contribution is 1.95. The van der Waals surface area contributed by atoms with Crippen LogP contribution in [0.4, 0.5) is 0 Å². The number of carboxylic acid groups (broad SMARTS) is 1. The Kier molecular flexibility index (Phi) is 7.35. The van der Waals surface area contributed by atoms with Crippen molar-refractivity contribution in [1.82, 2.24) is 0 Å². The van der Waals surface area contributed by atoms with Crippen LogP contribution < -0.4 is 0 Å². The van der Waals surface area contributed by atoms with E-state index in [2.05, 4.69) is 13.1 Å². The van der Waals surface area contributed by atoms with Crippen molar-refractivity contribution in [1.29, 1.82) is 0 Å². The quantitative estimate of drug-likeness (QED) is 0.581. The van der Waals surface area contributed by atoms with Gasteiger partial charge < -0.3 is 10.6 Å². The average Bonchev–Trinajstić information content (AvgIpc) is 1.61. The molecule has 0 amide bonds. The molecule has 0 aromatic carbocycles.